The molecule has 5 heteroatoms. The van der Waals surface area contributed by atoms with Gasteiger partial charge in [0.1, 0.15) is 0 Å². The molecule has 1 aromatic heterocycles. The summed E-state index contributed by atoms with van der Waals surface area (Å²) in [5.41, 5.74) is 6.65. The molecule has 0 aliphatic carbocycles. The van der Waals surface area contributed by atoms with Gasteiger partial charge in [-0.3, -0.25) is 4.79 Å². The van der Waals surface area contributed by atoms with Crippen molar-refractivity contribution >= 4 is 11.6 Å². The summed E-state index contributed by atoms with van der Waals surface area (Å²) in [6, 6.07) is 12.5. The van der Waals surface area contributed by atoms with Crippen molar-refractivity contribution in [1.82, 2.24) is 10.1 Å². The fraction of sp³-hybridized carbons (Fsp3) is 0.375. The zero-order valence-corrected chi connectivity index (χ0v) is 17.7. The molecule has 0 saturated carbocycles. The fourth-order valence-corrected chi connectivity index (χ4v) is 4.22. The van der Waals surface area contributed by atoms with Crippen LogP contribution in [0.2, 0.25) is 0 Å². The van der Waals surface area contributed by atoms with Gasteiger partial charge in [0.15, 0.2) is 0 Å². The lowest BCUT2D eigenvalue weighted by Gasteiger charge is -2.21. The Kier molecular flexibility index (Phi) is 4.99. The van der Waals surface area contributed by atoms with Crippen molar-refractivity contribution in [1.29, 1.82) is 0 Å². The average molecular weight is 389 g/mol. The van der Waals surface area contributed by atoms with E-state index in [0.29, 0.717) is 30.6 Å². The maximum Gasteiger partial charge on any atom is 0.232 e. The Hall–Kier alpha value is -2.95. The average Bonchev–Trinajstić information content (AvgIpc) is 3.28. The van der Waals surface area contributed by atoms with Crippen LogP contribution in [0.5, 0.6) is 0 Å². The summed E-state index contributed by atoms with van der Waals surface area (Å²) in [5.74, 6) is 1.61. The van der Waals surface area contributed by atoms with Gasteiger partial charge in [-0.2, -0.15) is 4.98 Å². The van der Waals surface area contributed by atoms with Crippen molar-refractivity contribution in [3.05, 3.63) is 64.5 Å². The van der Waals surface area contributed by atoms with Gasteiger partial charge in [-0.1, -0.05) is 61.0 Å². The highest BCUT2D eigenvalue weighted by Gasteiger charge is 2.36. The third-order valence-electron chi connectivity index (χ3n) is 5.66. The fourth-order valence-electron chi connectivity index (χ4n) is 4.22. The summed E-state index contributed by atoms with van der Waals surface area (Å²) in [6.07, 6.45) is 0.390. The van der Waals surface area contributed by atoms with Crippen LogP contribution >= 0.6 is 0 Å². The van der Waals surface area contributed by atoms with Gasteiger partial charge in [0.05, 0.1) is 5.92 Å². The molecule has 5 nitrogen and oxygen atoms in total. The largest absolute Gasteiger partial charge is 0.339 e. The van der Waals surface area contributed by atoms with Crippen molar-refractivity contribution < 1.29 is 9.32 Å². The molecule has 1 fully saturated rings. The molecule has 0 spiro atoms. The Morgan fingerprint density at radius 1 is 1.07 bits per heavy atom. The minimum absolute atomic E-state index is 0.0845. The zero-order valence-electron chi connectivity index (χ0n) is 17.7. The molecule has 0 radical (unpaired) electrons. The number of hydrogen-bond donors (Lipinski definition) is 0. The number of anilines is 1. The number of nitrogens with zero attached hydrogens (tertiary/aromatic N) is 3. The first-order chi connectivity index (χ1) is 13.8. The second-order valence-electron chi connectivity index (χ2n) is 8.39. The molecule has 1 saturated heterocycles. The number of aryl methyl sites for hydroxylation is 3. The third-order valence-corrected chi connectivity index (χ3v) is 5.66. The quantitative estimate of drug-likeness (QED) is 0.607. The SMILES string of the molecule is Cc1cc(C)c(N2CC(c3nc(-c4ccc(C(C)C)cc4)no3)CC2=O)c(C)c1. The van der Waals surface area contributed by atoms with Gasteiger partial charge in [-0.05, 0) is 43.4 Å². The number of aromatic nitrogens is 2. The molecular weight excluding hydrogens is 362 g/mol. The van der Waals surface area contributed by atoms with E-state index >= 15 is 0 Å². The van der Waals surface area contributed by atoms with Gasteiger partial charge in [0, 0.05) is 24.2 Å². The monoisotopic (exact) mass is 389 g/mol. The van der Waals surface area contributed by atoms with E-state index in [2.05, 4.69) is 69.0 Å². The van der Waals surface area contributed by atoms with Crippen molar-refractivity contribution in [3.63, 3.8) is 0 Å². The molecule has 1 aliphatic rings. The van der Waals surface area contributed by atoms with Gasteiger partial charge < -0.3 is 9.42 Å². The van der Waals surface area contributed by atoms with Gasteiger partial charge >= 0.3 is 0 Å². The molecule has 29 heavy (non-hydrogen) atoms. The molecule has 1 amide bonds. The number of carbonyl (C=O) groups is 1. The second kappa shape index (κ2) is 7.47. The van der Waals surface area contributed by atoms with Crippen molar-refractivity contribution in [2.24, 2.45) is 0 Å². The predicted octanol–water partition coefficient (Wildman–Crippen LogP) is 5.31. The third kappa shape index (κ3) is 3.69. The lowest BCUT2D eigenvalue weighted by Crippen LogP contribution is -2.26. The maximum absolute atomic E-state index is 12.8. The van der Waals surface area contributed by atoms with Crippen LogP contribution in [0.3, 0.4) is 0 Å². The highest BCUT2D eigenvalue weighted by molar-refractivity contribution is 5.97. The van der Waals surface area contributed by atoms with E-state index in [9.17, 15) is 4.79 Å². The van der Waals surface area contributed by atoms with Crippen LogP contribution in [0.1, 0.15) is 60.2 Å². The van der Waals surface area contributed by atoms with Gasteiger partial charge in [0.25, 0.3) is 0 Å². The Balaban J connectivity index is 1.56. The highest BCUT2D eigenvalue weighted by Crippen LogP contribution is 2.35. The highest BCUT2D eigenvalue weighted by atomic mass is 16.5. The smallest absolute Gasteiger partial charge is 0.232 e. The van der Waals surface area contributed by atoms with E-state index < -0.39 is 0 Å². The molecule has 2 aromatic carbocycles. The standard InChI is InChI=1S/C24H27N3O2/c1-14(2)18-6-8-19(9-7-18)23-25-24(29-26-23)20-12-21(28)27(13-20)22-16(4)10-15(3)11-17(22)5/h6-11,14,20H,12-13H2,1-5H3. The number of rotatable bonds is 4. The Morgan fingerprint density at radius 3 is 2.34 bits per heavy atom. The van der Waals surface area contributed by atoms with E-state index in [1.54, 1.807) is 0 Å². The van der Waals surface area contributed by atoms with Gasteiger partial charge in [-0.15, -0.1) is 0 Å². The molecule has 0 N–H and O–H groups in total. The van der Waals surface area contributed by atoms with E-state index in [4.69, 9.17) is 4.52 Å². The van der Waals surface area contributed by atoms with E-state index in [1.807, 2.05) is 17.0 Å². The number of carbonyl (C=O) groups excluding carboxylic acids is 1. The molecule has 2 heterocycles. The summed E-state index contributed by atoms with van der Waals surface area (Å²) in [5, 5.41) is 4.16. The minimum atomic E-state index is -0.0845. The number of amides is 1. The Labute approximate surface area is 171 Å². The molecule has 3 aromatic rings. The summed E-state index contributed by atoms with van der Waals surface area (Å²) in [6.45, 7) is 11.1. The van der Waals surface area contributed by atoms with Crippen LogP contribution < -0.4 is 4.90 Å². The van der Waals surface area contributed by atoms with Crippen LogP contribution in [0.4, 0.5) is 5.69 Å². The van der Waals surface area contributed by atoms with Crippen LogP contribution in [0.25, 0.3) is 11.4 Å². The van der Waals surface area contributed by atoms with Gasteiger partial charge in [-0.25, -0.2) is 0 Å². The van der Waals surface area contributed by atoms with Crippen molar-refractivity contribution in [2.75, 3.05) is 11.4 Å². The van der Waals surface area contributed by atoms with Crippen molar-refractivity contribution in [3.8, 4) is 11.4 Å². The second-order valence-corrected chi connectivity index (χ2v) is 8.39. The van der Waals surface area contributed by atoms with Crippen LogP contribution in [-0.2, 0) is 4.79 Å². The molecule has 4 rings (SSSR count). The molecule has 1 aliphatic heterocycles. The maximum atomic E-state index is 12.8. The Bertz CT molecular complexity index is 1030. The first-order valence-electron chi connectivity index (χ1n) is 10.2. The topological polar surface area (TPSA) is 59.2 Å². The summed E-state index contributed by atoms with van der Waals surface area (Å²) in [4.78, 5) is 19.2. The molecular formula is C24H27N3O2. The molecule has 1 unspecified atom stereocenters. The lowest BCUT2D eigenvalue weighted by molar-refractivity contribution is -0.117. The summed E-state index contributed by atoms with van der Waals surface area (Å²) in [7, 11) is 0. The van der Waals surface area contributed by atoms with Crippen LogP contribution in [0, 0.1) is 20.8 Å². The first kappa shape index (κ1) is 19.4. The summed E-state index contributed by atoms with van der Waals surface area (Å²) >= 11 is 0. The lowest BCUT2D eigenvalue weighted by atomic mass is 10.0. The van der Waals surface area contributed by atoms with Crippen LogP contribution in [-0.4, -0.2) is 22.6 Å². The molecule has 0 bridgehead atoms. The van der Waals surface area contributed by atoms with E-state index in [-0.39, 0.29) is 11.8 Å². The number of hydrogen-bond acceptors (Lipinski definition) is 4. The number of benzene rings is 2. The Morgan fingerprint density at radius 2 is 1.72 bits per heavy atom. The normalized spacial score (nSPS) is 16.8. The molecule has 150 valence electrons. The molecule has 1 atom stereocenters. The summed E-state index contributed by atoms with van der Waals surface area (Å²) < 4.78 is 5.55. The van der Waals surface area contributed by atoms with Crippen molar-refractivity contribution in [2.45, 2.75) is 52.9 Å². The first-order valence-corrected chi connectivity index (χ1v) is 10.2. The van der Waals surface area contributed by atoms with Gasteiger partial charge in [0.2, 0.25) is 17.6 Å². The minimum Gasteiger partial charge on any atom is -0.339 e. The predicted molar refractivity (Wildman–Crippen MR) is 114 cm³/mol. The zero-order chi connectivity index (χ0) is 20.7. The van der Waals surface area contributed by atoms with E-state index in [0.717, 1.165) is 22.4 Å². The van der Waals surface area contributed by atoms with Crippen LogP contribution in [0.15, 0.2) is 40.9 Å². The van der Waals surface area contributed by atoms with E-state index in [1.165, 1.54) is 11.1 Å².